The molecule has 3 heteroatoms. The van der Waals surface area contributed by atoms with Crippen LogP contribution in [-0.4, -0.2) is 4.57 Å². The second-order valence-corrected chi connectivity index (χ2v) is 17.7. The first-order chi connectivity index (χ1) is 33.7. The number of fused-ring (bicyclic) bond motifs is 7. The zero-order valence-electron chi connectivity index (χ0n) is 37.3. The Labute approximate surface area is 396 Å². The number of benzene rings is 11. The molecule has 3 nitrogen and oxygen atoms in total. The Morgan fingerprint density at radius 2 is 0.868 bits per heavy atom. The van der Waals surface area contributed by atoms with Crippen LogP contribution in [0.2, 0.25) is 0 Å². The maximum absolute atomic E-state index is 2.59. The van der Waals surface area contributed by atoms with Crippen LogP contribution in [0.3, 0.4) is 0 Å². The van der Waals surface area contributed by atoms with Gasteiger partial charge in [-0.1, -0.05) is 194 Å². The number of para-hydroxylation sites is 3. The molecule has 0 N–H and O–H groups in total. The highest BCUT2D eigenvalue weighted by atomic mass is 15.2. The lowest BCUT2D eigenvalue weighted by Gasteiger charge is -2.45. The van der Waals surface area contributed by atoms with Crippen molar-refractivity contribution in [2.75, 3.05) is 9.80 Å². The molecule has 0 spiro atoms. The van der Waals surface area contributed by atoms with Gasteiger partial charge in [-0.3, -0.25) is 0 Å². The minimum Gasteiger partial charge on any atom is -0.323 e. The second kappa shape index (κ2) is 16.2. The van der Waals surface area contributed by atoms with Crippen LogP contribution in [0.25, 0.3) is 60.5 Å². The first kappa shape index (κ1) is 39.4. The van der Waals surface area contributed by atoms with E-state index in [0.717, 1.165) is 39.6 Å². The summed E-state index contributed by atoms with van der Waals surface area (Å²) in [7, 11) is 0. The zero-order valence-corrected chi connectivity index (χ0v) is 37.3. The highest BCUT2D eigenvalue weighted by Crippen LogP contribution is 2.59. The van der Waals surface area contributed by atoms with Crippen molar-refractivity contribution >= 4 is 61.0 Å². The fourth-order valence-corrected chi connectivity index (χ4v) is 11.0. The van der Waals surface area contributed by atoms with Crippen LogP contribution in [0.4, 0.5) is 28.4 Å². The van der Waals surface area contributed by atoms with E-state index in [2.05, 4.69) is 287 Å². The van der Waals surface area contributed by atoms with E-state index in [4.69, 9.17) is 0 Å². The van der Waals surface area contributed by atoms with E-state index >= 15 is 0 Å². The van der Waals surface area contributed by atoms with Gasteiger partial charge in [-0.2, -0.15) is 0 Å². The fourth-order valence-electron chi connectivity index (χ4n) is 11.0. The normalized spacial score (nSPS) is 13.9. The van der Waals surface area contributed by atoms with Gasteiger partial charge in [0.05, 0.1) is 11.0 Å². The molecule has 1 aromatic heterocycles. The average Bonchev–Trinajstić information content (AvgIpc) is 3.90. The van der Waals surface area contributed by atoms with Gasteiger partial charge < -0.3 is 14.4 Å². The Morgan fingerprint density at radius 3 is 1.65 bits per heavy atom. The minimum absolute atomic E-state index is 0.766. The molecule has 1 heterocycles. The standard InChI is InChI=1S/C65H45N3/c1-5-19-46(20-6-1)48-33-36-52(37-34-48)67-63-32-18-16-30-59(63)60-42-40-55(45-64(60)67)66(51-25-9-3-10-26-51)54-39-41-58-57-29-15-17-31-61(57)65(62(58)44-54,50-23-7-2-8-24-50)68(53-27-11-4-12-28-53)56-38-35-47-21-13-14-22-49(47)43-56/h1-45H. The molecule has 11 aromatic carbocycles. The number of hydrogen-bond donors (Lipinski definition) is 0. The van der Waals surface area contributed by atoms with Gasteiger partial charge >= 0.3 is 0 Å². The van der Waals surface area contributed by atoms with Crippen molar-refractivity contribution in [1.29, 1.82) is 0 Å². The molecule has 0 fully saturated rings. The fraction of sp³-hybridized carbons (Fsp3) is 0.0154. The summed E-state index contributed by atoms with van der Waals surface area (Å²) in [6.45, 7) is 0. The van der Waals surface area contributed by atoms with Crippen LogP contribution in [0.5, 0.6) is 0 Å². The summed E-state index contributed by atoms with van der Waals surface area (Å²) in [6, 6.07) is 100.0. The predicted octanol–water partition coefficient (Wildman–Crippen LogP) is 17.2. The lowest BCUT2D eigenvalue weighted by atomic mass is 9.78. The number of nitrogens with zero attached hydrogens (tertiary/aromatic N) is 3. The number of anilines is 5. The Hall–Kier alpha value is -8.92. The molecular weight excluding hydrogens is 823 g/mol. The van der Waals surface area contributed by atoms with E-state index < -0.39 is 5.54 Å². The molecule has 0 saturated heterocycles. The Balaban J connectivity index is 1.06. The highest BCUT2D eigenvalue weighted by Gasteiger charge is 2.50. The molecule has 1 aliphatic carbocycles. The molecule has 68 heavy (non-hydrogen) atoms. The zero-order chi connectivity index (χ0) is 45.0. The summed E-state index contributed by atoms with van der Waals surface area (Å²) in [5.74, 6) is 0. The van der Waals surface area contributed by atoms with Crippen molar-refractivity contribution in [3.05, 3.63) is 290 Å². The molecule has 0 amide bonds. The maximum atomic E-state index is 2.59. The van der Waals surface area contributed by atoms with Gasteiger partial charge in [0.2, 0.25) is 0 Å². The van der Waals surface area contributed by atoms with Crippen LogP contribution in [0.1, 0.15) is 16.7 Å². The third-order valence-electron chi connectivity index (χ3n) is 14.0. The van der Waals surface area contributed by atoms with Gasteiger partial charge in [0.1, 0.15) is 5.54 Å². The Kier molecular flexibility index (Phi) is 9.40. The molecule has 0 saturated carbocycles. The monoisotopic (exact) mass is 867 g/mol. The van der Waals surface area contributed by atoms with Crippen LogP contribution >= 0.6 is 0 Å². The molecule has 320 valence electrons. The van der Waals surface area contributed by atoms with E-state index in [9.17, 15) is 0 Å². The maximum Gasteiger partial charge on any atom is 0.122 e. The van der Waals surface area contributed by atoms with E-state index in [0.29, 0.717) is 0 Å². The van der Waals surface area contributed by atoms with Crippen LogP contribution in [0.15, 0.2) is 273 Å². The smallest absolute Gasteiger partial charge is 0.122 e. The third kappa shape index (κ3) is 6.28. The molecule has 13 rings (SSSR count). The molecule has 1 aliphatic rings. The van der Waals surface area contributed by atoms with Crippen molar-refractivity contribution in [1.82, 2.24) is 4.57 Å². The molecule has 0 radical (unpaired) electrons. The molecule has 1 unspecified atom stereocenters. The summed E-state index contributed by atoms with van der Waals surface area (Å²) >= 11 is 0. The van der Waals surface area contributed by atoms with Crippen molar-refractivity contribution < 1.29 is 0 Å². The molecule has 1 atom stereocenters. The van der Waals surface area contributed by atoms with Crippen molar-refractivity contribution in [3.8, 4) is 27.9 Å². The van der Waals surface area contributed by atoms with Crippen molar-refractivity contribution in [2.24, 2.45) is 0 Å². The van der Waals surface area contributed by atoms with Gasteiger partial charge in [0, 0.05) is 44.9 Å². The quantitative estimate of drug-likeness (QED) is 0.143. The number of hydrogen-bond acceptors (Lipinski definition) is 2. The summed E-state index contributed by atoms with van der Waals surface area (Å²) in [5, 5.41) is 4.85. The SMILES string of the molecule is c1ccc(-c2ccc(-n3c4ccccc4c4ccc(N(c5ccccc5)c5ccc6c(c5)C(c5ccccc5)(N(c5ccccc5)c5ccc7ccccc7c5)c5ccccc5-6)cc43)cc2)cc1. The highest BCUT2D eigenvalue weighted by molar-refractivity contribution is 6.10. The van der Waals surface area contributed by atoms with Crippen LogP contribution < -0.4 is 9.80 Å². The lowest BCUT2D eigenvalue weighted by molar-refractivity contribution is 0.644. The second-order valence-electron chi connectivity index (χ2n) is 17.7. The lowest BCUT2D eigenvalue weighted by Crippen LogP contribution is -2.44. The van der Waals surface area contributed by atoms with Crippen LogP contribution in [0, 0.1) is 0 Å². The van der Waals surface area contributed by atoms with E-state index in [-0.39, 0.29) is 0 Å². The van der Waals surface area contributed by atoms with Gasteiger partial charge in [0.15, 0.2) is 0 Å². The Morgan fingerprint density at radius 1 is 0.309 bits per heavy atom. The van der Waals surface area contributed by atoms with E-state index in [1.165, 1.54) is 66.0 Å². The Bertz CT molecular complexity index is 3790. The van der Waals surface area contributed by atoms with Crippen LogP contribution in [-0.2, 0) is 5.54 Å². The van der Waals surface area contributed by atoms with E-state index in [1.54, 1.807) is 0 Å². The van der Waals surface area contributed by atoms with Gasteiger partial charge in [-0.15, -0.1) is 0 Å². The molecule has 0 bridgehead atoms. The first-order valence-electron chi connectivity index (χ1n) is 23.4. The molecule has 12 aromatic rings. The van der Waals surface area contributed by atoms with E-state index in [1.807, 2.05) is 0 Å². The molecule has 0 aliphatic heterocycles. The predicted molar refractivity (Wildman–Crippen MR) is 285 cm³/mol. The average molecular weight is 868 g/mol. The van der Waals surface area contributed by atoms with Gasteiger partial charge in [-0.05, 0) is 129 Å². The largest absolute Gasteiger partial charge is 0.323 e. The third-order valence-corrected chi connectivity index (χ3v) is 14.0. The van der Waals surface area contributed by atoms with Gasteiger partial charge in [0.25, 0.3) is 0 Å². The van der Waals surface area contributed by atoms with Crippen molar-refractivity contribution in [3.63, 3.8) is 0 Å². The number of aromatic nitrogens is 1. The molecular formula is C65H45N3. The summed E-state index contributed by atoms with van der Waals surface area (Å²) < 4.78 is 2.42. The van der Waals surface area contributed by atoms with Crippen molar-refractivity contribution in [2.45, 2.75) is 5.54 Å². The first-order valence-corrected chi connectivity index (χ1v) is 23.4. The summed E-state index contributed by atoms with van der Waals surface area (Å²) in [5.41, 5.74) is 16.6. The summed E-state index contributed by atoms with van der Waals surface area (Å²) in [6.07, 6.45) is 0. The minimum atomic E-state index is -0.766. The summed E-state index contributed by atoms with van der Waals surface area (Å²) in [4.78, 5) is 5.02. The van der Waals surface area contributed by atoms with Gasteiger partial charge in [-0.25, -0.2) is 0 Å². The number of rotatable bonds is 9. The topological polar surface area (TPSA) is 11.4 Å².